The molecule has 5 heteroatoms. The number of hydrogen-bond acceptors (Lipinski definition) is 3. The molecule has 0 radical (unpaired) electrons. The fourth-order valence-electron chi connectivity index (χ4n) is 4.24. The lowest BCUT2D eigenvalue weighted by molar-refractivity contribution is 0.304. The SMILES string of the molecule is CCn1c(CN2C[C@@H](CN)[C@H](c3ccccc3)C2)nc2c(F)cccc21. The molecule has 2 aromatic carbocycles. The maximum absolute atomic E-state index is 14.1. The molecular formula is C21H25FN4. The number of aryl methyl sites for hydroxylation is 1. The lowest BCUT2D eigenvalue weighted by Crippen LogP contribution is -2.24. The van der Waals surface area contributed by atoms with Crippen molar-refractivity contribution in [2.24, 2.45) is 11.7 Å². The maximum atomic E-state index is 14.1. The van der Waals surface area contributed by atoms with Crippen molar-refractivity contribution in [3.63, 3.8) is 0 Å². The Labute approximate surface area is 153 Å². The van der Waals surface area contributed by atoms with Gasteiger partial charge in [0.2, 0.25) is 0 Å². The zero-order chi connectivity index (χ0) is 18.1. The number of fused-ring (bicyclic) bond motifs is 1. The summed E-state index contributed by atoms with van der Waals surface area (Å²) in [6, 6.07) is 15.8. The van der Waals surface area contributed by atoms with Crippen LogP contribution in [0.25, 0.3) is 11.0 Å². The van der Waals surface area contributed by atoms with Crippen LogP contribution in [-0.2, 0) is 13.1 Å². The molecule has 1 aromatic heterocycles. The van der Waals surface area contributed by atoms with Gasteiger partial charge >= 0.3 is 0 Å². The standard InChI is InChI=1S/C21H25FN4/c1-2-26-19-10-6-9-18(22)21(19)24-20(26)14-25-12-16(11-23)17(13-25)15-7-4-3-5-8-15/h3-10,16-17H,2,11-14,23H2,1H3/t16-,17+/m1/s1. The monoisotopic (exact) mass is 352 g/mol. The average molecular weight is 352 g/mol. The van der Waals surface area contributed by atoms with Crippen LogP contribution in [0.4, 0.5) is 4.39 Å². The molecule has 0 saturated carbocycles. The lowest BCUT2D eigenvalue weighted by atomic mass is 9.89. The topological polar surface area (TPSA) is 47.1 Å². The Bertz CT molecular complexity index is 890. The van der Waals surface area contributed by atoms with Crippen molar-refractivity contribution in [1.82, 2.24) is 14.5 Å². The van der Waals surface area contributed by atoms with Crippen LogP contribution < -0.4 is 5.73 Å². The highest BCUT2D eigenvalue weighted by Gasteiger charge is 2.33. The number of imidazole rings is 1. The number of nitrogens with two attached hydrogens (primary N) is 1. The van der Waals surface area contributed by atoms with Gasteiger partial charge in [-0.25, -0.2) is 9.37 Å². The van der Waals surface area contributed by atoms with Gasteiger partial charge in [-0.3, -0.25) is 4.90 Å². The molecule has 2 N–H and O–H groups in total. The Hall–Kier alpha value is -2.24. The van der Waals surface area contributed by atoms with E-state index in [0.29, 0.717) is 23.9 Å². The van der Waals surface area contributed by atoms with Crippen LogP contribution in [0.2, 0.25) is 0 Å². The van der Waals surface area contributed by atoms with Crippen molar-refractivity contribution in [3.05, 3.63) is 65.7 Å². The molecule has 0 bridgehead atoms. The van der Waals surface area contributed by atoms with Crippen LogP contribution in [0.3, 0.4) is 0 Å². The first-order valence-electron chi connectivity index (χ1n) is 9.32. The number of likely N-dealkylation sites (tertiary alicyclic amines) is 1. The quantitative estimate of drug-likeness (QED) is 0.766. The van der Waals surface area contributed by atoms with E-state index in [2.05, 4.69) is 45.6 Å². The summed E-state index contributed by atoms with van der Waals surface area (Å²) in [5.74, 6) is 1.56. The molecule has 1 aliphatic heterocycles. The van der Waals surface area contributed by atoms with Gasteiger partial charge in [-0.15, -0.1) is 0 Å². The van der Waals surface area contributed by atoms with Gasteiger partial charge in [0.15, 0.2) is 5.82 Å². The molecule has 2 atom stereocenters. The highest BCUT2D eigenvalue weighted by Crippen LogP contribution is 2.33. The summed E-state index contributed by atoms with van der Waals surface area (Å²) in [5, 5.41) is 0. The fraction of sp³-hybridized carbons (Fsp3) is 0.381. The number of aromatic nitrogens is 2. The molecule has 4 rings (SSSR count). The van der Waals surface area contributed by atoms with Crippen LogP contribution in [0.5, 0.6) is 0 Å². The van der Waals surface area contributed by atoms with Gasteiger partial charge in [-0.1, -0.05) is 36.4 Å². The van der Waals surface area contributed by atoms with Crippen molar-refractivity contribution in [3.8, 4) is 0 Å². The third-order valence-corrected chi connectivity index (χ3v) is 5.54. The van der Waals surface area contributed by atoms with E-state index < -0.39 is 0 Å². The molecule has 4 nitrogen and oxygen atoms in total. The Balaban J connectivity index is 1.60. The number of hydrogen-bond donors (Lipinski definition) is 1. The van der Waals surface area contributed by atoms with E-state index in [4.69, 9.17) is 5.73 Å². The third kappa shape index (κ3) is 3.02. The van der Waals surface area contributed by atoms with E-state index in [9.17, 15) is 4.39 Å². The van der Waals surface area contributed by atoms with Crippen LogP contribution >= 0.6 is 0 Å². The second-order valence-electron chi connectivity index (χ2n) is 7.09. The predicted molar refractivity (Wildman–Crippen MR) is 102 cm³/mol. The number of nitrogens with zero attached hydrogens (tertiary/aromatic N) is 3. The second-order valence-corrected chi connectivity index (χ2v) is 7.09. The summed E-state index contributed by atoms with van der Waals surface area (Å²) in [5.41, 5.74) is 8.75. The molecule has 0 amide bonds. The summed E-state index contributed by atoms with van der Waals surface area (Å²) < 4.78 is 16.2. The van der Waals surface area contributed by atoms with Gasteiger partial charge in [0.1, 0.15) is 11.3 Å². The summed E-state index contributed by atoms with van der Waals surface area (Å²) in [6.45, 7) is 6.17. The van der Waals surface area contributed by atoms with Crippen LogP contribution in [0.15, 0.2) is 48.5 Å². The highest BCUT2D eigenvalue weighted by atomic mass is 19.1. The first kappa shape index (κ1) is 17.2. The highest BCUT2D eigenvalue weighted by molar-refractivity contribution is 5.76. The van der Waals surface area contributed by atoms with E-state index in [1.165, 1.54) is 11.6 Å². The molecule has 26 heavy (non-hydrogen) atoms. The smallest absolute Gasteiger partial charge is 0.151 e. The Morgan fingerprint density at radius 1 is 1.12 bits per heavy atom. The van der Waals surface area contributed by atoms with Crippen molar-refractivity contribution in [2.45, 2.75) is 25.9 Å². The normalized spacial score (nSPS) is 20.9. The zero-order valence-electron chi connectivity index (χ0n) is 15.1. The molecular weight excluding hydrogens is 327 g/mol. The minimum Gasteiger partial charge on any atom is -0.330 e. The van der Waals surface area contributed by atoms with Crippen LogP contribution in [-0.4, -0.2) is 34.1 Å². The molecule has 1 saturated heterocycles. The number of rotatable bonds is 5. The maximum Gasteiger partial charge on any atom is 0.151 e. The van der Waals surface area contributed by atoms with E-state index in [-0.39, 0.29) is 5.82 Å². The average Bonchev–Trinajstić information content (AvgIpc) is 3.24. The first-order valence-corrected chi connectivity index (χ1v) is 9.32. The van der Waals surface area contributed by atoms with Gasteiger partial charge in [-0.2, -0.15) is 0 Å². The molecule has 0 aliphatic carbocycles. The van der Waals surface area contributed by atoms with Gasteiger partial charge in [0.25, 0.3) is 0 Å². The summed E-state index contributed by atoms with van der Waals surface area (Å²) >= 11 is 0. The van der Waals surface area contributed by atoms with E-state index in [0.717, 1.165) is 37.5 Å². The van der Waals surface area contributed by atoms with Gasteiger partial charge in [0, 0.05) is 25.6 Å². The largest absolute Gasteiger partial charge is 0.330 e. The minimum absolute atomic E-state index is 0.251. The first-order chi connectivity index (χ1) is 12.7. The molecule has 2 heterocycles. The molecule has 0 spiro atoms. The molecule has 1 aliphatic rings. The molecule has 3 aromatic rings. The van der Waals surface area contributed by atoms with Gasteiger partial charge in [-0.05, 0) is 37.1 Å². The van der Waals surface area contributed by atoms with Crippen molar-refractivity contribution in [2.75, 3.05) is 19.6 Å². The zero-order valence-corrected chi connectivity index (χ0v) is 15.1. The molecule has 1 fully saturated rings. The summed E-state index contributed by atoms with van der Waals surface area (Å²) in [6.07, 6.45) is 0. The third-order valence-electron chi connectivity index (χ3n) is 5.54. The Morgan fingerprint density at radius 2 is 1.92 bits per heavy atom. The van der Waals surface area contributed by atoms with Crippen LogP contribution in [0, 0.1) is 11.7 Å². The second kappa shape index (κ2) is 7.17. The van der Waals surface area contributed by atoms with Crippen molar-refractivity contribution in [1.29, 1.82) is 0 Å². The summed E-state index contributed by atoms with van der Waals surface area (Å²) in [4.78, 5) is 7.01. The molecule has 0 unspecified atom stereocenters. The van der Waals surface area contributed by atoms with E-state index >= 15 is 0 Å². The van der Waals surface area contributed by atoms with E-state index in [1.807, 2.05) is 12.1 Å². The molecule has 136 valence electrons. The Morgan fingerprint density at radius 3 is 2.65 bits per heavy atom. The van der Waals surface area contributed by atoms with Gasteiger partial charge in [0.05, 0.1) is 12.1 Å². The predicted octanol–water partition coefficient (Wildman–Crippen LogP) is 3.37. The minimum atomic E-state index is -0.251. The van der Waals surface area contributed by atoms with Crippen molar-refractivity contribution < 1.29 is 4.39 Å². The summed E-state index contributed by atoms with van der Waals surface area (Å²) in [7, 11) is 0. The number of halogens is 1. The Kier molecular flexibility index (Phi) is 4.74. The number of benzene rings is 2. The van der Waals surface area contributed by atoms with Crippen LogP contribution in [0.1, 0.15) is 24.2 Å². The fourth-order valence-corrected chi connectivity index (χ4v) is 4.24. The van der Waals surface area contributed by atoms with Gasteiger partial charge < -0.3 is 10.3 Å². The van der Waals surface area contributed by atoms with E-state index in [1.54, 1.807) is 6.07 Å². The van der Waals surface area contributed by atoms with Crippen molar-refractivity contribution >= 4 is 11.0 Å². The lowest BCUT2D eigenvalue weighted by Gasteiger charge is -2.17. The number of para-hydroxylation sites is 1.